The van der Waals surface area contributed by atoms with Crippen molar-refractivity contribution in [3.05, 3.63) is 52.5 Å². The van der Waals surface area contributed by atoms with Gasteiger partial charge >= 0.3 is 11.8 Å². The van der Waals surface area contributed by atoms with Gasteiger partial charge in [0.1, 0.15) is 0 Å². The molecule has 28 heavy (non-hydrogen) atoms. The van der Waals surface area contributed by atoms with Crippen LogP contribution in [0.1, 0.15) is 25.0 Å². The van der Waals surface area contributed by atoms with Crippen molar-refractivity contribution in [1.82, 2.24) is 5.32 Å². The number of nitrogens with one attached hydrogen (secondary N) is 2. The van der Waals surface area contributed by atoms with E-state index in [1.807, 2.05) is 32.0 Å². The van der Waals surface area contributed by atoms with Crippen LogP contribution in [0, 0.1) is 6.92 Å². The fourth-order valence-corrected chi connectivity index (χ4v) is 2.75. The summed E-state index contributed by atoms with van der Waals surface area (Å²) in [5.74, 6) is -0.0711. The Morgan fingerprint density at radius 1 is 1.00 bits per heavy atom. The Kier molecular flexibility index (Phi) is 8.14. The monoisotopic (exact) mass is 404 g/mol. The van der Waals surface area contributed by atoms with E-state index in [0.717, 1.165) is 5.56 Å². The van der Waals surface area contributed by atoms with E-state index >= 15 is 0 Å². The molecule has 2 N–H and O–H groups in total. The van der Waals surface area contributed by atoms with Crippen LogP contribution in [0.3, 0.4) is 0 Å². The van der Waals surface area contributed by atoms with E-state index in [1.54, 1.807) is 25.1 Å². The standard InChI is InChI=1S/C21H25ClN2O4/c1-4-27-18-10-9-15(13-19(18)28-5-2)11-12-23-20(25)21(26)24-17-8-6-7-16(22)14(17)3/h6-10,13H,4-5,11-12H2,1-3H3,(H,23,25)(H,24,26). The van der Waals surface area contributed by atoms with E-state index in [-0.39, 0.29) is 0 Å². The summed E-state index contributed by atoms with van der Waals surface area (Å²) in [5, 5.41) is 5.72. The maximum atomic E-state index is 12.1. The molecule has 0 radical (unpaired) electrons. The smallest absolute Gasteiger partial charge is 0.313 e. The van der Waals surface area contributed by atoms with Gasteiger partial charge in [-0.2, -0.15) is 0 Å². The van der Waals surface area contributed by atoms with E-state index in [2.05, 4.69) is 10.6 Å². The highest BCUT2D eigenvalue weighted by molar-refractivity contribution is 6.40. The third-order valence-electron chi connectivity index (χ3n) is 4.03. The lowest BCUT2D eigenvalue weighted by Gasteiger charge is -2.13. The van der Waals surface area contributed by atoms with Crippen molar-refractivity contribution in [1.29, 1.82) is 0 Å². The number of carbonyl (C=O) groups is 2. The number of amides is 2. The molecule has 0 saturated carbocycles. The molecule has 0 atom stereocenters. The first-order valence-corrected chi connectivity index (χ1v) is 9.56. The summed E-state index contributed by atoms with van der Waals surface area (Å²) in [5.41, 5.74) is 2.20. The van der Waals surface area contributed by atoms with Gasteiger partial charge in [0, 0.05) is 17.3 Å². The minimum absolute atomic E-state index is 0.320. The molecule has 0 fully saturated rings. The molecule has 0 aliphatic carbocycles. The van der Waals surface area contributed by atoms with Crippen LogP contribution >= 0.6 is 11.6 Å². The number of rotatable bonds is 8. The summed E-state index contributed by atoms with van der Waals surface area (Å²) >= 11 is 6.02. The Bertz CT molecular complexity index is 839. The van der Waals surface area contributed by atoms with Crippen LogP contribution in [0.25, 0.3) is 0 Å². The second-order valence-electron chi connectivity index (χ2n) is 6.02. The molecular formula is C21H25ClN2O4. The van der Waals surface area contributed by atoms with Gasteiger partial charge in [-0.3, -0.25) is 9.59 Å². The molecule has 0 bridgehead atoms. The van der Waals surface area contributed by atoms with Crippen molar-refractivity contribution < 1.29 is 19.1 Å². The first-order valence-electron chi connectivity index (χ1n) is 9.19. The average molecular weight is 405 g/mol. The summed E-state index contributed by atoms with van der Waals surface area (Å²) in [6.07, 6.45) is 0.557. The highest BCUT2D eigenvalue weighted by atomic mass is 35.5. The molecule has 2 aromatic rings. The average Bonchev–Trinajstić information content (AvgIpc) is 2.67. The molecule has 2 aromatic carbocycles. The number of anilines is 1. The van der Waals surface area contributed by atoms with E-state index in [4.69, 9.17) is 21.1 Å². The Morgan fingerprint density at radius 3 is 2.43 bits per heavy atom. The van der Waals surface area contributed by atoms with E-state index in [0.29, 0.717) is 54.0 Å². The van der Waals surface area contributed by atoms with Gasteiger partial charge in [-0.15, -0.1) is 0 Å². The Labute approximate surface area is 170 Å². The van der Waals surface area contributed by atoms with Crippen LogP contribution in [0.5, 0.6) is 11.5 Å². The molecule has 150 valence electrons. The van der Waals surface area contributed by atoms with Crippen LogP contribution in [0.15, 0.2) is 36.4 Å². The van der Waals surface area contributed by atoms with Gasteiger partial charge in [0.2, 0.25) is 0 Å². The molecule has 0 spiro atoms. The van der Waals surface area contributed by atoms with Crippen LogP contribution in [-0.2, 0) is 16.0 Å². The quantitative estimate of drug-likeness (QED) is 0.657. The zero-order valence-corrected chi connectivity index (χ0v) is 17.1. The molecule has 0 aliphatic heterocycles. The normalized spacial score (nSPS) is 10.3. The van der Waals surface area contributed by atoms with Crippen molar-refractivity contribution in [2.75, 3.05) is 25.1 Å². The molecule has 0 saturated heterocycles. The molecule has 7 heteroatoms. The number of hydrogen-bond acceptors (Lipinski definition) is 4. The summed E-state index contributed by atoms with van der Waals surface area (Å²) < 4.78 is 11.1. The zero-order chi connectivity index (χ0) is 20.5. The number of benzene rings is 2. The summed E-state index contributed by atoms with van der Waals surface area (Å²) in [4.78, 5) is 24.1. The van der Waals surface area contributed by atoms with Crippen LogP contribution in [-0.4, -0.2) is 31.6 Å². The fourth-order valence-electron chi connectivity index (χ4n) is 2.57. The second-order valence-corrected chi connectivity index (χ2v) is 6.43. The van der Waals surface area contributed by atoms with Gasteiger partial charge in [-0.1, -0.05) is 23.7 Å². The van der Waals surface area contributed by atoms with Gasteiger partial charge in [-0.05, 0) is 62.6 Å². The van der Waals surface area contributed by atoms with Crippen LogP contribution in [0.4, 0.5) is 5.69 Å². The molecule has 0 aliphatic rings. The summed E-state index contributed by atoms with van der Waals surface area (Å²) in [6.45, 7) is 7.00. The van der Waals surface area contributed by atoms with Crippen molar-refractivity contribution in [2.45, 2.75) is 27.2 Å². The van der Waals surface area contributed by atoms with Gasteiger partial charge in [-0.25, -0.2) is 0 Å². The van der Waals surface area contributed by atoms with Crippen molar-refractivity contribution in [3.63, 3.8) is 0 Å². The lowest BCUT2D eigenvalue weighted by atomic mass is 10.1. The van der Waals surface area contributed by atoms with Gasteiger partial charge in [0.15, 0.2) is 11.5 Å². The second kappa shape index (κ2) is 10.6. The highest BCUT2D eigenvalue weighted by Gasteiger charge is 2.15. The topological polar surface area (TPSA) is 76.7 Å². The molecular weight excluding hydrogens is 380 g/mol. The van der Waals surface area contributed by atoms with Crippen molar-refractivity contribution in [2.24, 2.45) is 0 Å². The first kappa shape index (κ1) is 21.6. The van der Waals surface area contributed by atoms with Gasteiger partial charge in [0.05, 0.1) is 13.2 Å². The van der Waals surface area contributed by atoms with E-state index in [9.17, 15) is 9.59 Å². The minimum atomic E-state index is -0.730. The van der Waals surface area contributed by atoms with Crippen LogP contribution in [0.2, 0.25) is 5.02 Å². The molecule has 2 rings (SSSR count). The molecule has 0 heterocycles. The zero-order valence-electron chi connectivity index (χ0n) is 16.3. The molecule has 0 aromatic heterocycles. The lowest BCUT2D eigenvalue weighted by Crippen LogP contribution is -2.36. The number of halogens is 1. The third kappa shape index (κ3) is 5.89. The minimum Gasteiger partial charge on any atom is -0.490 e. The van der Waals surface area contributed by atoms with Crippen molar-refractivity contribution in [3.8, 4) is 11.5 Å². The largest absolute Gasteiger partial charge is 0.490 e. The highest BCUT2D eigenvalue weighted by Crippen LogP contribution is 2.28. The Balaban J connectivity index is 1.90. The number of carbonyl (C=O) groups excluding carboxylic acids is 2. The number of ether oxygens (including phenoxy) is 2. The summed E-state index contributed by atoms with van der Waals surface area (Å²) in [6, 6.07) is 10.8. The lowest BCUT2D eigenvalue weighted by molar-refractivity contribution is -0.136. The van der Waals surface area contributed by atoms with Crippen LogP contribution < -0.4 is 20.1 Å². The molecule has 2 amide bonds. The SMILES string of the molecule is CCOc1ccc(CCNC(=O)C(=O)Nc2cccc(Cl)c2C)cc1OCC. The van der Waals surface area contributed by atoms with Gasteiger partial charge in [0.25, 0.3) is 0 Å². The maximum Gasteiger partial charge on any atom is 0.313 e. The summed E-state index contributed by atoms with van der Waals surface area (Å²) in [7, 11) is 0. The Hall–Kier alpha value is -2.73. The molecule has 6 nitrogen and oxygen atoms in total. The maximum absolute atomic E-state index is 12.1. The Morgan fingerprint density at radius 2 is 1.71 bits per heavy atom. The van der Waals surface area contributed by atoms with E-state index < -0.39 is 11.8 Å². The number of hydrogen-bond donors (Lipinski definition) is 2. The predicted octanol–water partition coefficient (Wildman–Crippen LogP) is 3.74. The fraction of sp³-hybridized carbons (Fsp3) is 0.333. The van der Waals surface area contributed by atoms with E-state index in [1.165, 1.54) is 0 Å². The third-order valence-corrected chi connectivity index (χ3v) is 4.44. The predicted molar refractivity (Wildman–Crippen MR) is 110 cm³/mol. The molecule has 0 unspecified atom stereocenters. The van der Waals surface area contributed by atoms with Gasteiger partial charge < -0.3 is 20.1 Å². The first-order chi connectivity index (χ1) is 13.5. The van der Waals surface area contributed by atoms with Crippen molar-refractivity contribution >= 4 is 29.1 Å².